The summed E-state index contributed by atoms with van der Waals surface area (Å²) >= 11 is 7.43. The van der Waals surface area contributed by atoms with Crippen LogP contribution in [0.4, 0.5) is 9.93 Å². The molecule has 0 aromatic carbocycles. The number of amides is 2. The fourth-order valence-electron chi connectivity index (χ4n) is 2.89. The number of fused-ring (bicyclic) bond motifs is 1. The van der Waals surface area contributed by atoms with Crippen molar-refractivity contribution in [2.75, 3.05) is 31.5 Å². The summed E-state index contributed by atoms with van der Waals surface area (Å²) in [6.45, 7) is 3.79. The molecule has 130 valence electrons. The van der Waals surface area contributed by atoms with Crippen molar-refractivity contribution in [1.82, 2.24) is 24.2 Å². The zero-order chi connectivity index (χ0) is 17.2. The molecule has 0 saturated carbocycles. The third-order valence-corrected chi connectivity index (χ3v) is 5.07. The van der Waals surface area contributed by atoms with Gasteiger partial charge in [0.15, 0.2) is 5.13 Å². The molecule has 1 aliphatic rings. The lowest BCUT2D eigenvalue weighted by atomic mass is 10.3. The van der Waals surface area contributed by atoms with Crippen molar-refractivity contribution >= 4 is 39.7 Å². The van der Waals surface area contributed by atoms with Crippen LogP contribution in [0.2, 0.25) is 5.02 Å². The molecular weight excluding hydrogens is 360 g/mol. The van der Waals surface area contributed by atoms with E-state index in [1.807, 2.05) is 39.2 Å². The maximum Gasteiger partial charge on any atom is 0.323 e. The summed E-state index contributed by atoms with van der Waals surface area (Å²) in [6.07, 6.45) is 5.54. The van der Waals surface area contributed by atoms with Crippen molar-refractivity contribution < 1.29 is 4.79 Å². The Morgan fingerprint density at radius 3 is 2.84 bits per heavy atom. The van der Waals surface area contributed by atoms with Gasteiger partial charge in [-0.15, -0.1) is 11.3 Å². The first-order valence-corrected chi connectivity index (χ1v) is 9.24. The molecule has 0 spiro atoms. The highest BCUT2D eigenvalue weighted by atomic mass is 35.5. The summed E-state index contributed by atoms with van der Waals surface area (Å²) in [7, 11) is 0. The van der Waals surface area contributed by atoms with E-state index in [0.717, 1.165) is 31.0 Å². The lowest BCUT2D eigenvalue weighted by Gasteiger charge is -2.34. The fraction of sp³-hybridized carbons (Fsp3) is 0.312. The normalized spacial score (nSPS) is 15.6. The Kier molecular flexibility index (Phi) is 4.56. The molecule has 1 fully saturated rings. The average molecular weight is 377 g/mol. The highest BCUT2D eigenvalue weighted by molar-refractivity contribution is 7.13. The lowest BCUT2D eigenvalue weighted by molar-refractivity contribution is 0.142. The molecule has 3 aromatic heterocycles. The van der Waals surface area contributed by atoms with Crippen LogP contribution in [0, 0.1) is 0 Å². The van der Waals surface area contributed by atoms with E-state index in [9.17, 15) is 4.79 Å². The molecule has 1 aliphatic heterocycles. The van der Waals surface area contributed by atoms with Crippen molar-refractivity contribution in [3.8, 4) is 0 Å². The first-order chi connectivity index (χ1) is 12.2. The summed E-state index contributed by atoms with van der Waals surface area (Å²) in [5.74, 6) is 0. The van der Waals surface area contributed by atoms with Gasteiger partial charge in [0.2, 0.25) is 0 Å². The van der Waals surface area contributed by atoms with Crippen molar-refractivity contribution in [2.24, 2.45) is 0 Å². The van der Waals surface area contributed by atoms with Gasteiger partial charge in [-0.25, -0.2) is 14.8 Å². The van der Waals surface area contributed by atoms with Gasteiger partial charge < -0.3 is 9.30 Å². The third-order valence-electron chi connectivity index (χ3n) is 4.16. The van der Waals surface area contributed by atoms with Gasteiger partial charge in [-0.2, -0.15) is 0 Å². The first kappa shape index (κ1) is 16.3. The minimum absolute atomic E-state index is 0.0861. The number of nitrogens with zero attached hydrogens (tertiary/aromatic N) is 5. The molecule has 0 atom stereocenters. The van der Waals surface area contributed by atoms with Gasteiger partial charge in [0.1, 0.15) is 5.65 Å². The Morgan fingerprint density at radius 2 is 2.08 bits per heavy atom. The second-order valence-corrected chi connectivity index (χ2v) is 7.21. The van der Waals surface area contributed by atoms with E-state index in [0.29, 0.717) is 23.2 Å². The molecule has 1 saturated heterocycles. The molecule has 3 aromatic rings. The molecule has 0 aliphatic carbocycles. The van der Waals surface area contributed by atoms with Crippen molar-refractivity contribution in [2.45, 2.75) is 6.54 Å². The zero-order valence-electron chi connectivity index (χ0n) is 13.4. The summed E-state index contributed by atoms with van der Waals surface area (Å²) < 4.78 is 1.94. The number of imidazole rings is 1. The predicted molar refractivity (Wildman–Crippen MR) is 98.2 cm³/mol. The Bertz CT molecular complexity index is 872. The van der Waals surface area contributed by atoms with E-state index < -0.39 is 0 Å². The molecule has 9 heteroatoms. The second kappa shape index (κ2) is 6.99. The maximum atomic E-state index is 12.2. The molecule has 7 nitrogen and oxygen atoms in total. The Hall–Kier alpha value is -2.16. The third kappa shape index (κ3) is 3.76. The number of aromatic nitrogens is 3. The summed E-state index contributed by atoms with van der Waals surface area (Å²) in [4.78, 5) is 25.0. The molecule has 0 radical (unpaired) electrons. The average Bonchev–Trinajstić information content (AvgIpc) is 3.24. The number of urea groups is 1. The SMILES string of the molecule is O=C(Nc1nccs1)N1CCN(Cc2cn3cc(Cl)ccc3n2)CC1. The zero-order valence-corrected chi connectivity index (χ0v) is 15.0. The number of piperazine rings is 1. The summed E-state index contributed by atoms with van der Waals surface area (Å²) in [5.41, 5.74) is 1.89. The van der Waals surface area contributed by atoms with Gasteiger partial charge in [-0.3, -0.25) is 10.2 Å². The molecule has 4 rings (SSSR count). The van der Waals surface area contributed by atoms with E-state index >= 15 is 0 Å². The maximum absolute atomic E-state index is 12.2. The van der Waals surface area contributed by atoms with E-state index in [4.69, 9.17) is 11.6 Å². The van der Waals surface area contributed by atoms with Crippen LogP contribution in [-0.4, -0.2) is 56.4 Å². The number of pyridine rings is 1. The van der Waals surface area contributed by atoms with E-state index in [-0.39, 0.29) is 6.03 Å². The minimum atomic E-state index is -0.0861. The molecule has 4 heterocycles. The highest BCUT2D eigenvalue weighted by Gasteiger charge is 2.22. The van der Waals surface area contributed by atoms with Gasteiger partial charge in [0.05, 0.1) is 10.7 Å². The number of thiazole rings is 1. The number of rotatable bonds is 3. The van der Waals surface area contributed by atoms with Crippen LogP contribution in [0.25, 0.3) is 5.65 Å². The Morgan fingerprint density at radius 1 is 1.24 bits per heavy atom. The predicted octanol–water partition coefficient (Wildman–Crippen LogP) is 2.79. The monoisotopic (exact) mass is 376 g/mol. The van der Waals surface area contributed by atoms with E-state index in [1.165, 1.54) is 11.3 Å². The van der Waals surface area contributed by atoms with Gasteiger partial charge in [0, 0.05) is 56.7 Å². The molecule has 1 N–H and O–H groups in total. The van der Waals surface area contributed by atoms with Gasteiger partial charge >= 0.3 is 6.03 Å². The van der Waals surface area contributed by atoms with Crippen LogP contribution in [0.15, 0.2) is 36.1 Å². The van der Waals surface area contributed by atoms with Crippen molar-refractivity contribution in [3.63, 3.8) is 0 Å². The molecule has 0 bridgehead atoms. The molecular formula is C16H17ClN6OS. The molecule has 25 heavy (non-hydrogen) atoms. The Labute approximate surface area is 153 Å². The van der Waals surface area contributed by atoms with Crippen LogP contribution in [0.5, 0.6) is 0 Å². The van der Waals surface area contributed by atoms with E-state index in [2.05, 4.69) is 20.2 Å². The van der Waals surface area contributed by atoms with Gasteiger partial charge in [-0.05, 0) is 12.1 Å². The number of carbonyl (C=O) groups is 1. The van der Waals surface area contributed by atoms with Crippen LogP contribution < -0.4 is 5.32 Å². The van der Waals surface area contributed by atoms with Crippen LogP contribution in [0.3, 0.4) is 0 Å². The Balaban J connectivity index is 1.32. The quantitative estimate of drug-likeness (QED) is 0.763. The first-order valence-electron chi connectivity index (χ1n) is 7.98. The topological polar surface area (TPSA) is 65.8 Å². The number of anilines is 1. The molecule has 2 amide bonds. The van der Waals surface area contributed by atoms with Crippen LogP contribution in [0.1, 0.15) is 5.69 Å². The van der Waals surface area contributed by atoms with Crippen LogP contribution in [-0.2, 0) is 6.54 Å². The highest BCUT2D eigenvalue weighted by Crippen LogP contribution is 2.15. The number of nitrogens with one attached hydrogen (secondary N) is 1. The fourth-order valence-corrected chi connectivity index (χ4v) is 3.57. The number of hydrogen-bond acceptors (Lipinski definition) is 5. The smallest absolute Gasteiger partial charge is 0.322 e. The number of halogens is 1. The van der Waals surface area contributed by atoms with Gasteiger partial charge in [0.25, 0.3) is 0 Å². The van der Waals surface area contributed by atoms with Crippen molar-refractivity contribution in [1.29, 1.82) is 0 Å². The summed E-state index contributed by atoms with van der Waals surface area (Å²) in [6, 6.07) is 3.66. The van der Waals surface area contributed by atoms with E-state index in [1.54, 1.807) is 6.20 Å². The lowest BCUT2D eigenvalue weighted by Crippen LogP contribution is -2.49. The summed E-state index contributed by atoms with van der Waals surface area (Å²) in [5, 5.41) is 6.00. The van der Waals surface area contributed by atoms with Crippen molar-refractivity contribution in [3.05, 3.63) is 46.8 Å². The molecule has 0 unspecified atom stereocenters. The number of hydrogen-bond donors (Lipinski definition) is 1. The second-order valence-electron chi connectivity index (χ2n) is 5.88. The standard InChI is InChI=1S/C16H17ClN6OS/c17-12-1-2-14-19-13(11-23(14)9-12)10-21-4-6-22(7-5-21)16(24)20-15-18-3-8-25-15/h1-3,8-9,11H,4-7,10H2,(H,18,20,24). The largest absolute Gasteiger partial charge is 0.323 e. The van der Waals surface area contributed by atoms with Gasteiger partial charge in [-0.1, -0.05) is 11.6 Å². The number of carbonyl (C=O) groups excluding carboxylic acids is 1. The minimum Gasteiger partial charge on any atom is -0.322 e. The van der Waals surface area contributed by atoms with Crippen LogP contribution >= 0.6 is 22.9 Å².